The molecule has 0 fully saturated rings. The highest BCUT2D eigenvalue weighted by molar-refractivity contribution is 6.34. The molecule has 1 aromatic carbocycles. The first-order chi connectivity index (χ1) is 13.4. The Morgan fingerprint density at radius 3 is 2.57 bits per heavy atom. The van der Waals surface area contributed by atoms with E-state index in [4.69, 9.17) is 26.6 Å². The molecule has 0 saturated carbocycles. The molecule has 2 rings (SSSR count). The highest BCUT2D eigenvalue weighted by Gasteiger charge is 2.20. The highest BCUT2D eigenvalue weighted by atomic mass is 35.5. The molecule has 0 aliphatic heterocycles. The number of carbonyl (C=O) groups excluding carboxylic acids is 1. The van der Waals surface area contributed by atoms with Crippen molar-refractivity contribution in [1.82, 2.24) is 15.2 Å². The standard InChI is InChI=1S/C20H28ClN3O4/c1-4-5-14-15-10-17(20(27)23-7-9-26)24(3)16(15)11-18(19(14)21)28-12-13(2)22-6-8-25/h10-11,22,25-26H,2,4-9,12H2,1,3H3,(H,23,27). The van der Waals surface area contributed by atoms with E-state index >= 15 is 0 Å². The molecule has 4 N–H and O–H groups in total. The SMILES string of the molecule is C=C(COc1cc2c(cc(C(=O)NCCO)n2C)c(CCC)c1Cl)NCCO. The molecule has 0 aliphatic rings. The first-order valence-electron chi connectivity index (χ1n) is 9.29. The Kier molecular flexibility index (Phi) is 8.17. The Labute approximate surface area is 169 Å². The summed E-state index contributed by atoms with van der Waals surface area (Å²) in [5.41, 5.74) is 2.90. The zero-order valence-electron chi connectivity index (χ0n) is 16.3. The fourth-order valence-corrected chi connectivity index (χ4v) is 3.32. The van der Waals surface area contributed by atoms with E-state index in [2.05, 4.69) is 24.1 Å². The van der Waals surface area contributed by atoms with Gasteiger partial charge >= 0.3 is 0 Å². The van der Waals surface area contributed by atoms with Gasteiger partial charge in [-0.25, -0.2) is 0 Å². The summed E-state index contributed by atoms with van der Waals surface area (Å²) in [5.74, 6) is 0.267. The number of hydrogen-bond acceptors (Lipinski definition) is 5. The van der Waals surface area contributed by atoms with Gasteiger partial charge in [-0.2, -0.15) is 0 Å². The summed E-state index contributed by atoms with van der Waals surface area (Å²) in [4.78, 5) is 12.4. The van der Waals surface area contributed by atoms with Crippen LogP contribution in [0, 0.1) is 0 Å². The molecule has 0 aliphatic carbocycles. The van der Waals surface area contributed by atoms with Crippen LogP contribution in [0.25, 0.3) is 10.9 Å². The second-order valence-electron chi connectivity index (χ2n) is 6.46. The number of amides is 1. The predicted molar refractivity (Wildman–Crippen MR) is 111 cm³/mol. The van der Waals surface area contributed by atoms with Crippen molar-refractivity contribution in [3.63, 3.8) is 0 Å². The summed E-state index contributed by atoms with van der Waals surface area (Å²) >= 11 is 6.62. The molecule has 28 heavy (non-hydrogen) atoms. The van der Waals surface area contributed by atoms with Crippen LogP contribution in [0.2, 0.25) is 5.02 Å². The molecule has 7 nitrogen and oxygen atoms in total. The fourth-order valence-electron chi connectivity index (χ4n) is 3.01. The first kappa shape index (κ1) is 22.1. The lowest BCUT2D eigenvalue weighted by Crippen LogP contribution is -2.27. The van der Waals surface area contributed by atoms with Gasteiger partial charge in [0.05, 0.1) is 23.8 Å². The fraction of sp³-hybridized carbons (Fsp3) is 0.450. The number of aliphatic hydroxyl groups is 2. The summed E-state index contributed by atoms with van der Waals surface area (Å²) < 4.78 is 7.65. The number of aromatic nitrogens is 1. The molecule has 0 unspecified atom stereocenters. The number of nitrogens with zero attached hydrogens (tertiary/aromatic N) is 1. The quantitative estimate of drug-likeness (QED) is 0.455. The predicted octanol–water partition coefficient (Wildman–Crippen LogP) is 1.98. The van der Waals surface area contributed by atoms with Gasteiger partial charge in [0, 0.05) is 37.3 Å². The van der Waals surface area contributed by atoms with Gasteiger partial charge in [-0.3, -0.25) is 4.79 Å². The molecule has 0 atom stereocenters. The molecule has 8 heteroatoms. The van der Waals surface area contributed by atoms with Gasteiger partial charge in [0.15, 0.2) is 0 Å². The zero-order chi connectivity index (χ0) is 20.7. The van der Waals surface area contributed by atoms with Crippen molar-refractivity contribution >= 4 is 28.4 Å². The highest BCUT2D eigenvalue weighted by Crippen LogP contribution is 2.37. The van der Waals surface area contributed by atoms with E-state index in [-0.39, 0.29) is 32.3 Å². The largest absolute Gasteiger partial charge is 0.486 e. The molecule has 154 valence electrons. The van der Waals surface area contributed by atoms with Gasteiger partial charge in [-0.15, -0.1) is 0 Å². The molecule has 1 amide bonds. The minimum Gasteiger partial charge on any atom is -0.486 e. The Hall–Kier alpha value is -2.22. The van der Waals surface area contributed by atoms with Crippen LogP contribution in [0.5, 0.6) is 5.75 Å². The van der Waals surface area contributed by atoms with Crippen molar-refractivity contribution in [2.75, 3.05) is 32.9 Å². The van der Waals surface area contributed by atoms with Gasteiger partial charge in [-0.1, -0.05) is 31.5 Å². The van der Waals surface area contributed by atoms with Gasteiger partial charge in [0.1, 0.15) is 18.1 Å². The Morgan fingerprint density at radius 2 is 1.93 bits per heavy atom. The number of benzene rings is 1. The summed E-state index contributed by atoms with van der Waals surface area (Å²) in [7, 11) is 1.81. The van der Waals surface area contributed by atoms with Gasteiger partial charge < -0.3 is 30.2 Å². The molecule has 0 radical (unpaired) electrons. The maximum atomic E-state index is 12.4. The van der Waals surface area contributed by atoms with Gasteiger partial charge in [0.25, 0.3) is 5.91 Å². The average Bonchev–Trinajstić information content (AvgIpc) is 3.01. The van der Waals surface area contributed by atoms with Crippen LogP contribution in [0.15, 0.2) is 24.4 Å². The molecule has 0 bridgehead atoms. The van der Waals surface area contributed by atoms with Gasteiger partial charge in [0.2, 0.25) is 0 Å². The molecular weight excluding hydrogens is 382 g/mol. The number of aryl methyl sites for hydroxylation is 2. The minimum atomic E-state index is -0.254. The van der Waals surface area contributed by atoms with E-state index in [1.165, 1.54) is 0 Å². The third kappa shape index (κ3) is 4.98. The average molecular weight is 410 g/mol. The summed E-state index contributed by atoms with van der Waals surface area (Å²) in [6.45, 7) is 6.63. The van der Waals surface area contributed by atoms with Crippen molar-refractivity contribution in [3.8, 4) is 5.75 Å². The Bertz CT molecular complexity index is 848. The molecule has 1 heterocycles. The number of fused-ring (bicyclic) bond motifs is 1. The number of aliphatic hydroxyl groups excluding tert-OH is 2. The van der Waals surface area contributed by atoms with E-state index in [9.17, 15) is 4.79 Å². The molecule has 1 aromatic heterocycles. The number of halogens is 1. The van der Waals surface area contributed by atoms with Crippen molar-refractivity contribution in [2.24, 2.45) is 7.05 Å². The summed E-state index contributed by atoms with van der Waals surface area (Å²) in [6, 6.07) is 3.64. The Balaban J connectivity index is 2.41. The van der Waals surface area contributed by atoms with E-state index in [0.717, 1.165) is 29.3 Å². The van der Waals surface area contributed by atoms with Gasteiger partial charge in [-0.05, 0) is 18.1 Å². The van der Waals surface area contributed by atoms with Crippen LogP contribution in [-0.2, 0) is 13.5 Å². The molecule has 0 spiro atoms. The number of carbonyl (C=O) groups is 1. The number of ether oxygens (including phenoxy) is 1. The minimum absolute atomic E-state index is 0.0108. The smallest absolute Gasteiger partial charge is 0.268 e. The monoisotopic (exact) mass is 409 g/mol. The van der Waals surface area contributed by atoms with Crippen LogP contribution in [0.4, 0.5) is 0 Å². The third-order valence-corrected chi connectivity index (χ3v) is 4.79. The lowest BCUT2D eigenvalue weighted by atomic mass is 10.0. The van der Waals surface area contributed by atoms with E-state index in [1.807, 2.05) is 19.2 Å². The number of rotatable bonds is 11. The van der Waals surface area contributed by atoms with Crippen LogP contribution in [-0.4, -0.2) is 53.6 Å². The number of nitrogens with one attached hydrogen (secondary N) is 2. The second-order valence-corrected chi connectivity index (χ2v) is 6.84. The van der Waals surface area contributed by atoms with Crippen LogP contribution >= 0.6 is 11.6 Å². The van der Waals surface area contributed by atoms with E-state index in [1.54, 1.807) is 4.57 Å². The Morgan fingerprint density at radius 1 is 1.25 bits per heavy atom. The first-order valence-corrected chi connectivity index (χ1v) is 9.67. The molecule has 2 aromatic rings. The van der Waals surface area contributed by atoms with Crippen molar-refractivity contribution in [2.45, 2.75) is 19.8 Å². The van der Waals surface area contributed by atoms with Crippen molar-refractivity contribution in [1.29, 1.82) is 0 Å². The lowest BCUT2D eigenvalue weighted by Gasteiger charge is -2.15. The van der Waals surface area contributed by atoms with Crippen LogP contribution in [0.1, 0.15) is 29.4 Å². The maximum Gasteiger partial charge on any atom is 0.268 e. The topological polar surface area (TPSA) is 95.8 Å². The van der Waals surface area contributed by atoms with Crippen LogP contribution < -0.4 is 15.4 Å². The van der Waals surface area contributed by atoms with E-state index < -0.39 is 0 Å². The summed E-state index contributed by atoms with van der Waals surface area (Å²) in [5, 5.41) is 24.9. The zero-order valence-corrected chi connectivity index (χ0v) is 17.1. The maximum absolute atomic E-state index is 12.4. The number of hydrogen-bond donors (Lipinski definition) is 4. The third-order valence-electron chi connectivity index (χ3n) is 4.37. The van der Waals surface area contributed by atoms with E-state index in [0.29, 0.717) is 28.7 Å². The van der Waals surface area contributed by atoms with Crippen molar-refractivity contribution < 1.29 is 19.7 Å². The van der Waals surface area contributed by atoms with Crippen molar-refractivity contribution in [3.05, 3.63) is 40.7 Å². The normalized spacial score (nSPS) is 10.9. The summed E-state index contributed by atoms with van der Waals surface area (Å²) in [6.07, 6.45) is 1.64. The molecule has 0 saturated heterocycles. The van der Waals surface area contributed by atoms with Crippen LogP contribution in [0.3, 0.4) is 0 Å². The second kappa shape index (κ2) is 10.4. The molecular formula is C20H28ClN3O4. The lowest BCUT2D eigenvalue weighted by molar-refractivity contribution is 0.0937.